The molecule has 6 N–H and O–H groups in total. The molecule has 1 aromatic heterocycles. The minimum absolute atomic E-state index is 0.464. The average molecular weight is 291 g/mol. The molecule has 0 radical (unpaired) electrons. The van der Waals surface area contributed by atoms with Crippen LogP contribution in [0.25, 0.3) is 6.08 Å². The third-order valence-electron chi connectivity index (χ3n) is 2.31. The number of hydrogen-bond donors (Lipinski definition) is 4. The van der Waals surface area contributed by atoms with Gasteiger partial charge in [-0.3, -0.25) is 15.4 Å². The topological polar surface area (TPSA) is 138 Å². The molecule has 0 aromatic carbocycles. The van der Waals surface area contributed by atoms with Crippen LogP contribution in [-0.2, 0) is 4.79 Å². The molecular formula is C14H21N5O2. The summed E-state index contributed by atoms with van der Waals surface area (Å²) in [6.07, 6.45) is 10.3. The molecular weight excluding hydrogens is 270 g/mol. The van der Waals surface area contributed by atoms with Crippen molar-refractivity contribution in [3.8, 4) is 0 Å². The van der Waals surface area contributed by atoms with Gasteiger partial charge in [0.1, 0.15) is 6.04 Å². The Kier molecular flexibility index (Phi) is 11.0. The van der Waals surface area contributed by atoms with Gasteiger partial charge in [0.2, 0.25) is 0 Å². The first-order valence-corrected chi connectivity index (χ1v) is 6.39. The molecule has 0 saturated heterocycles. The summed E-state index contributed by atoms with van der Waals surface area (Å²) in [6.45, 7) is 0.478. The van der Waals surface area contributed by atoms with Crippen LogP contribution in [0.4, 0.5) is 0 Å². The van der Waals surface area contributed by atoms with Gasteiger partial charge in [-0.25, -0.2) is 4.79 Å². The van der Waals surface area contributed by atoms with Crippen molar-refractivity contribution in [1.29, 1.82) is 5.41 Å². The number of rotatable bonds is 7. The molecule has 7 heteroatoms. The first-order chi connectivity index (χ1) is 10.2. The van der Waals surface area contributed by atoms with E-state index in [1.54, 1.807) is 18.5 Å². The van der Waals surface area contributed by atoms with Gasteiger partial charge in [0.25, 0.3) is 0 Å². The monoisotopic (exact) mass is 291 g/mol. The minimum atomic E-state index is -0.919. The van der Waals surface area contributed by atoms with E-state index in [0.717, 1.165) is 11.9 Å². The predicted molar refractivity (Wildman–Crippen MR) is 84.4 cm³/mol. The second kappa shape index (κ2) is 12.5. The first-order valence-electron chi connectivity index (χ1n) is 6.39. The number of nitrogens with one attached hydrogen (secondary N) is 1. The standard InChI is InChI=1S/C13H17N3O2.CH4N2/c14-7-1-4-12(13(17)18)16-8-2-3-11-5-9-15-10-6-11;2-1-3/h2-3,5-6,8-10,12H,1,4,7,14H2,(H,17,18);1H,(H3,2,3)/b3-2+,16-8?;. The number of nitrogens with zero attached hydrogens (tertiary/aromatic N) is 2. The van der Waals surface area contributed by atoms with Crippen molar-refractivity contribution in [2.45, 2.75) is 18.9 Å². The van der Waals surface area contributed by atoms with Gasteiger partial charge in [0, 0.05) is 18.6 Å². The van der Waals surface area contributed by atoms with E-state index in [2.05, 4.69) is 15.7 Å². The summed E-state index contributed by atoms with van der Waals surface area (Å²) in [7, 11) is 0. The van der Waals surface area contributed by atoms with Gasteiger partial charge in [0.15, 0.2) is 0 Å². The molecule has 0 aliphatic rings. The van der Waals surface area contributed by atoms with Gasteiger partial charge in [0.05, 0.1) is 6.34 Å². The van der Waals surface area contributed by atoms with Gasteiger partial charge >= 0.3 is 5.97 Å². The fourth-order valence-corrected chi connectivity index (χ4v) is 1.36. The molecule has 21 heavy (non-hydrogen) atoms. The molecule has 1 heterocycles. The summed E-state index contributed by atoms with van der Waals surface area (Å²) in [4.78, 5) is 18.8. The van der Waals surface area contributed by atoms with Crippen molar-refractivity contribution in [3.63, 3.8) is 0 Å². The Balaban J connectivity index is 0.00000122. The van der Waals surface area contributed by atoms with Crippen molar-refractivity contribution < 1.29 is 9.90 Å². The summed E-state index contributed by atoms with van der Waals surface area (Å²) < 4.78 is 0. The van der Waals surface area contributed by atoms with Crippen LogP contribution < -0.4 is 11.5 Å². The van der Waals surface area contributed by atoms with E-state index < -0.39 is 12.0 Å². The highest BCUT2D eigenvalue weighted by atomic mass is 16.4. The van der Waals surface area contributed by atoms with Crippen LogP contribution in [0.5, 0.6) is 0 Å². The Morgan fingerprint density at radius 1 is 1.48 bits per heavy atom. The van der Waals surface area contributed by atoms with Crippen molar-refractivity contribution in [2.24, 2.45) is 16.5 Å². The van der Waals surface area contributed by atoms with E-state index in [1.165, 1.54) is 6.21 Å². The molecule has 0 aliphatic carbocycles. The van der Waals surface area contributed by atoms with Crippen LogP contribution >= 0.6 is 0 Å². The maximum atomic E-state index is 10.9. The van der Waals surface area contributed by atoms with E-state index in [0.29, 0.717) is 19.4 Å². The average Bonchev–Trinajstić information content (AvgIpc) is 2.48. The predicted octanol–water partition coefficient (Wildman–Crippen LogP) is 0.910. The lowest BCUT2D eigenvalue weighted by molar-refractivity contribution is -0.138. The van der Waals surface area contributed by atoms with Crippen LogP contribution in [-0.4, -0.2) is 41.2 Å². The lowest BCUT2D eigenvalue weighted by Gasteiger charge is -2.04. The smallest absolute Gasteiger partial charge is 0.328 e. The molecule has 1 aromatic rings. The molecule has 0 fully saturated rings. The molecule has 0 amide bonds. The van der Waals surface area contributed by atoms with Crippen LogP contribution in [0.2, 0.25) is 0 Å². The third kappa shape index (κ3) is 9.97. The van der Waals surface area contributed by atoms with Gasteiger partial charge in [-0.05, 0) is 43.2 Å². The highest BCUT2D eigenvalue weighted by Gasteiger charge is 2.13. The van der Waals surface area contributed by atoms with E-state index in [-0.39, 0.29) is 0 Å². The Labute approximate surface area is 123 Å². The number of carboxylic acid groups (broad SMARTS) is 1. The van der Waals surface area contributed by atoms with Crippen molar-refractivity contribution in [1.82, 2.24) is 4.98 Å². The largest absolute Gasteiger partial charge is 0.480 e. The molecule has 1 atom stereocenters. The van der Waals surface area contributed by atoms with Gasteiger partial charge < -0.3 is 16.6 Å². The Morgan fingerprint density at radius 3 is 2.62 bits per heavy atom. The van der Waals surface area contributed by atoms with E-state index >= 15 is 0 Å². The van der Waals surface area contributed by atoms with Crippen LogP contribution in [0.15, 0.2) is 35.6 Å². The summed E-state index contributed by atoms with van der Waals surface area (Å²) in [6, 6.07) is 3.00. The van der Waals surface area contributed by atoms with E-state index in [9.17, 15) is 4.79 Å². The number of aromatic nitrogens is 1. The number of aliphatic carboxylic acids is 1. The van der Waals surface area contributed by atoms with Crippen LogP contribution in [0, 0.1) is 5.41 Å². The van der Waals surface area contributed by atoms with Crippen LogP contribution in [0.1, 0.15) is 18.4 Å². The third-order valence-corrected chi connectivity index (χ3v) is 2.31. The van der Waals surface area contributed by atoms with Gasteiger partial charge in [-0.1, -0.05) is 6.08 Å². The molecule has 1 rings (SSSR count). The number of aliphatic imine (C=N–C) groups is 1. The second-order valence-electron chi connectivity index (χ2n) is 3.89. The highest BCUT2D eigenvalue weighted by molar-refractivity contribution is 5.82. The number of carboxylic acids is 1. The zero-order valence-electron chi connectivity index (χ0n) is 11.7. The number of allylic oxidation sites excluding steroid dienone is 1. The Bertz CT molecular complexity index is 460. The number of pyridine rings is 1. The molecule has 0 aliphatic heterocycles. The fourth-order valence-electron chi connectivity index (χ4n) is 1.36. The number of hydrogen-bond acceptors (Lipinski definition) is 5. The maximum Gasteiger partial charge on any atom is 0.328 e. The molecule has 0 saturated carbocycles. The van der Waals surface area contributed by atoms with Crippen molar-refractivity contribution in [2.75, 3.05) is 6.54 Å². The molecule has 1 unspecified atom stereocenters. The maximum absolute atomic E-state index is 10.9. The molecule has 0 spiro atoms. The lowest BCUT2D eigenvalue weighted by Crippen LogP contribution is -2.19. The molecule has 0 bridgehead atoms. The molecule has 114 valence electrons. The van der Waals surface area contributed by atoms with E-state index in [4.69, 9.17) is 16.2 Å². The summed E-state index contributed by atoms with van der Waals surface area (Å²) in [5.41, 5.74) is 10.7. The SMILES string of the molecule is N=CN.NCCCC(N=C/C=C/c1ccncc1)C(=O)O. The zero-order valence-corrected chi connectivity index (χ0v) is 11.7. The fraction of sp³-hybridized carbons (Fsp3) is 0.286. The Morgan fingerprint density at radius 2 is 2.10 bits per heavy atom. The molecule has 7 nitrogen and oxygen atoms in total. The van der Waals surface area contributed by atoms with Crippen molar-refractivity contribution in [3.05, 3.63) is 36.2 Å². The minimum Gasteiger partial charge on any atom is -0.480 e. The first kappa shape index (κ1) is 18.5. The van der Waals surface area contributed by atoms with E-state index in [1.807, 2.05) is 18.2 Å². The second-order valence-corrected chi connectivity index (χ2v) is 3.89. The summed E-state index contributed by atoms with van der Waals surface area (Å²) in [5, 5.41) is 14.8. The lowest BCUT2D eigenvalue weighted by atomic mass is 10.1. The zero-order chi connectivity index (χ0) is 15.9. The normalized spacial score (nSPS) is 11.9. The van der Waals surface area contributed by atoms with Gasteiger partial charge in [-0.15, -0.1) is 0 Å². The Hall–Kier alpha value is -2.54. The van der Waals surface area contributed by atoms with Crippen LogP contribution in [0.3, 0.4) is 0 Å². The number of nitrogens with two attached hydrogens (primary N) is 2. The number of carbonyl (C=O) groups is 1. The van der Waals surface area contributed by atoms with Gasteiger partial charge in [-0.2, -0.15) is 0 Å². The summed E-state index contributed by atoms with van der Waals surface area (Å²) >= 11 is 0. The van der Waals surface area contributed by atoms with Crippen molar-refractivity contribution >= 4 is 24.6 Å². The quantitative estimate of drug-likeness (QED) is 0.437. The highest BCUT2D eigenvalue weighted by Crippen LogP contribution is 2.02. The summed E-state index contributed by atoms with van der Waals surface area (Å²) in [5.74, 6) is -0.919.